The second-order valence-electron chi connectivity index (χ2n) is 5.64. The molecule has 3 heteroatoms. The van der Waals surface area contributed by atoms with Crippen LogP contribution >= 0.6 is 0 Å². The Kier molecular flexibility index (Phi) is 3.24. The van der Waals surface area contributed by atoms with Gasteiger partial charge < -0.3 is 10.5 Å². The van der Waals surface area contributed by atoms with E-state index in [0.29, 0.717) is 17.9 Å². The van der Waals surface area contributed by atoms with Gasteiger partial charge in [0, 0.05) is 6.04 Å². The van der Waals surface area contributed by atoms with Gasteiger partial charge in [-0.15, -0.1) is 0 Å². The van der Waals surface area contributed by atoms with Crippen LogP contribution in [0.5, 0.6) is 0 Å². The summed E-state index contributed by atoms with van der Waals surface area (Å²) < 4.78 is 5.00. The smallest absolute Gasteiger partial charge is 0.311 e. The lowest BCUT2D eigenvalue weighted by Gasteiger charge is -2.47. The van der Waals surface area contributed by atoms with E-state index >= 15 is 0 Å². The summed E-state index contributed by atoms with van der Waals surface area (Å²) in [6.45, 7) is 2.10. The first kappa shape index (κ1) is 11.9. The molecule has 0 aromatic heterocycles. The van der Waals surface area contributed by atoms with Crippen LogP contribution in [0.1, 0.15) is 45.4 Å². The van der Waals surface area contributed by atoms with Crippen LogP contribution in [-0.4, -0.2) is 19.1 Å². The van der Waals surface area contributed by atoms with Crippen molar-refractivity contribution in [3.8, 4) is 0 Å². The van der Waals surface area contributed by atoms with Gasteiger partial charge in [0.05, 0.1) is 12.5 Å². The normalized spacial score (nSPS) is 42.8. The molecule has 3 unspecified atom stereocenters. The fourth-order valence-electron chi connectivity index (χ4n) is 3.76. The first-order valence-electron chi connectivity index (χ1n) is 6.45. The van der Waals surface area contributed by atoms with Crippen LogP contribution in [-0.2, 0) is 9.53 Å². The first-order chi connectivity index (χ1) is 7.61. The minimum Gasteiger partial charge on any atom is -0.469 e. The van der Waals surface area contributed by atoms with Crippen LogP contribution in [0.3, 0.4) is 0 Å². The molecule has 2 N–H and O–H groups in total. The standard InChI is InChI=1S/C13H23NO2/c1-3-13(12(15)16-2)7-9-4-5-11(14)10(6-9)8-13/h9-11H,3-8,14H2,1-2H3/t9?,10?,11?,13-/m1/s1. The number of fused-ring (bicyclic) bond motifs is 2. The van der Waals surface area contributed by atoms with Gasteiger partial charge in [-0.25, -0.2) is 0 Å². The van der Waals surface area contributed by atoms with E-state index in [1.807, 2.05) is 0 Å². The maximum Gasteiger partial charge on any atom is 0.311 e. The van der Waals surface area contributed by atoms with E-state index in [-0.39, 0.29) is 11.4 Å². The molecule has 0 amide bonds. The lowest BCUT2D eigenvalue weighted by Crippen LogP contribution is -2.48. The van der Waals surface area contributed by atoms with Gasteiger partial charge in [-0.2, -0.15) is 0 Å². The van der Waals surface area contributed by atoms with Crippen molar-refractivity contribution in [1.29, 1.82) is 0 Å². The molecule has 0 aliphatic heterocycles. The Morgan fingerprint density at radius 2 is 2.19 bits per heavy atom. The lowest BCUT2D eigenvalue weighted by atomic mass is 9.58. The Bertz CT molecular complexity index is 279. The van der Waals surface area contributed by atoms with Gasteiger partial charge in [0.2, 0.25) is 0 Å². The number of hydrogen-bond donors (Lipinski definition) is 1. The van der Waals surface area contributed by atoms with E-state index in [9.17, 15) is 4.79 Å². The van der Waals surface area contributed by atoms with E-state index in [2.05, 4.69) is 6.92 Å². The number of rotatable bonds is 2. The number of ether oxygens (including phenoxy) is 1. The Labute approximate surface area is 97.7 Å². The summed E-state index contributed by atoms with van der Waals surface area (Å²) in [5.41, 5.74) is 5.92. The van der Waals surface area contributed by atoms with Crippen molar-refractivity contribution in [1.82, 2.24) is 0 Å². The molecule has 4 atom stereocenters. The van der Waals surface area contributed by atoms with E-state index in [1.54, 1.807) is 0 Å². The summed E-state index contributed by atoms with van der Waals surface area (Å²) in [5.74, 6) is 1.21. The van der Waals surface area contributed by atoms with Gasteiger partial charge in [-0.1, -0.05) is 6.92 Å². The molecule has 2 aliphatic rings. The largest absolute Gasteiger partial charge is 0.469 e. The maximum atomic E-state index is 12.0. The molecule has 0 radical (unpaired) electrons. The fraction of sp³-hybridized carbons (Fsp3) is 0.923. The average Bonchev–Trinajstić information content (AvgIpc) is 2.32. The highest BCUT2D eigenvalue weighted by atomic mass is 16.5. The van der Waals surface area contributed by atoms with E-state index in [1.165, 1.54) is 20.0 Å². The summed E-state index contributed by atoms with van der Waals surface area (Å²) in [7, 11) is 1.50. The molecular formula is C13H23NO2. The summed E-state index contributed by atoms with van der Waals surface area (Å²) in [6, 6.07) is 0.298. The minimum atomic E-state index is -0.236. The van der Waals surface area contributed by atoms with Gasteiger partial charge in [0.25, 0.3) is 0 Å². The molecule has 0 aromatic carbocycles. The zero-order valence-corrected chi connectivity index (χ0v) is 10.4. The van der Waals surface area contributed by atoms with Crippen molar-refractivity contribution in [2.24, 2.45) is 23.0 Å². The molecule has 0 saturated heterocycles. The first-order valence-corrected chi connectivity index (χ1v) is 6.45. The summed E-state index contributed by atoms with van der Waals surface area (Å²) in [4.78, 5) is 12.0. The molecule has 2 fully saturated rings. The monoisotopic (exact) mass is 225 g/mol. The van der Waals surface area contributed by atoms with Crippen LogP contribution in [0.2, 0.25) is 0 Å². The quantitative estimate of drug-likeness (QED) is 0.732. The van der Waals surface area contributed by atoms with Crippen LogP contribution in [0.15, 0.2) is 0 Å². The molecule has 0 aromatic rings. The van der Waals surface area contributed by atoms with Crippen LogP contribution in [0.4, 0.5) is 0 Å². The molecule has 0 spiro atoms. The maximum absolute atomic E-state index is 12.0. The second kappa shape index (κ2) is 4.36. The average molecular weight is 225 g/mol. The van der Waals surface area contributed by atoms with Crippen molar-refractivity contribution in [3.63, 3.8) is 0 Å². The molecule has 0 heterocycles. The van der Waals surface area contributed by atoms with Gasteiger partial charge in [-0.05, 0) is 50.4 Å². The predicted octanol–water partition coefficient (Wildman–Crippen LogP) is 2.09. The van der Waals surface area contributed by atoms with E-state index in [0.717, 1.165) is 25.7 Å². The van der Waals surface area contributed by atoms with Gasteiger partial charge in [0.15, 0.2) is 0 Å². The highest BCUT2D eigenvalue weighted by molar-refractivity contribution is 5.76. The highest BCUT2D eigenvalue weighted by Crippen LogP contribution is 2.50. The molecule has 2 bridgehead atoms. The van der Waals surface area contributed by atoms with Crippen molar-refractivity contribution >= 4 is 5.97 Å². The van der Waals surface area contributed by atoms with E-state index in [4.69, 9.17) is 10.5 Å². The number of carbonyl (C=O) groups excluding carboxylic acids is 1. The van der Waals surface area contributed by atoms with Crippen LogP contribution < -0.4 is 5.73 Å². The van der Waals surface area contributed by atoms with Crippen LogP contribution in [0.25, 0.3) is 0 Å². The molecule has 2 aliphatic carbocycles. The van der Waals surface area contributed by atoms with E-state index < -0.39 is 0 Å². The van der Waals surface area contributed by atoms with Crippen LogP contribution in [0, 0.1) is 17.3 Å². The number of carbonyl (C=O) groups is 1. The van der Waals surface area contributed by atoms with Gasteiger partial charge >= 0.3 is 5.97 Å². The van der Waals surface area contributed by atoms with Crippen molar-refractivity contribution in [2.75, 3.05) is 7.11 Å². The number of methoxy groups -OCH3 is 1. The molecular weight excluding hydrogens is 202 g/mol. The zero-order chi connectivity index (χ0) is 11.8. The predicted molar refractivity (Wildman–Crippen MR) is 62.8 cm³/mol. The Balaban J connectivity index is 2.19. The zero-order valence-electron chi connectivity index (χ0n) is 10.4. The van der Waals surface area contributed by atoms with Gasteiger partial charge in [0.1, 0.15) is 0 Å². The number of esters is 1. The van der Waals surface area contributed by atoms with Crippen molar-refractivity contribution in [2.45, 2.75) is 51.5 Å². The SMILES string of the molecule is CC[C@@]1(C(=O)OC)CC2CCC(N)C(C2)C1. The third-order valence-corrected chi connectivity index (χ3v) is 4.78. The highest BCUT2D eigenvalue weighted by Gasteiger charge is 2.48. The van der Waals surface area contributed by atoms with Gasteiger partial charge in [-0.3, -0.25) is 4.79 Å². The Morgan fingerprint density at radius 3 is 2.81 bits per heavy atom. The molecule has 16 heavy (non-hydrogen) atoms. The van der Waals surface area contributed by atoms with Crippen molar-refractivity contribution < 1.29 is 9.53 Å². The lowest BCUT2D eigenvalue weighted by molar-refractivity contribution is -0.159. The third kappa shape index (κ3) is 1.86. The fourth-order valence-corrected chi connectivity index (χ4v) is 3.76. The summed E-state index contributed by atoms with van der Waals surface area (Å²) in [6.07, 6.45) is 6.39. The topological polar surface area (TPSA) is 52.3 Å². The Morgan fingerprint density at radius 1 is 1.44 bits per heavy atom. The molecule has 92 valence electrons. The number of nitrogens with two attached hydrogens (primary N) is 1. The summed E-state index contributed by atoms with van der Waals surface area (Å²) in [5, 5.41) is 0. The molecule has 2 saturated carbocycles. The minimum absolute atomic E-state index is 0.0150. The molecule has 3 nitrogen and oxygen atoms in total. The van der Waals surface area contributed by atoms with Crippen molar-refractivity contribution in [3.05, 3.63) is 0 Å². The summed E-state index contributed by atoms with van der Waals surface area (Å²) >= 11 is 0. The molecule has 2 rings (SSSR count). The third-order valence-electron chi connectivity index (χ3n) is 4.78. The Hall–Kier alpha value is -0.570. The second-order valence-corrected chi connectivity index (χ2v) is 5.64. The number of hydrogen-bond acceptors (Lipinski definition) is 3.